The quantitative estimate of drug-likeness (QED) is 0.244. The molecule has 2 aliphatic heterocycles. The van der Waals surface area contributed by atoms with Crippen molar-refractivity contribution in [1.29, 1.82) is 0 Å². The first-order chi connectivity index (χ1) is 19.9. The summed E-state index contributed by atoms with van der Waals surface area (Å²) in [6.45, 7) is 1.94. The van der Waals surface area contributed by atoms with Crippen molar-refractivity contribution in [1.82, 2.24) is 4.90 Å². The van der Waals surface area contributed by atoms with Crippen molar-refractivity contribution >= 4 is 35.8 Å². The van der Waals surface area contributed by atoms with E-state index in [9.17, 15) is 24.8 Å². The van der Waals surface area contributed by atoms with Crippen LogP contribution in [0.15, 0.2) is 53.1 Å². The number of aliphatic hydroxyl groups excluding tert-OH is 1. The normalized spacial score (nSPS) is 27.5. The molecule has 6 rings (SSSR count). The van der Waals surface area contributed by atoms with Gasteiger partial charge in [0, 0.05) is 11.4 Å². The van der Waals surface area contributed by atoms with Crippen molar-refractivity contribution in [3.05, 3.63) is 58.7 Å². The fraction of sp³-hybridized carbons (Fsp3) is 0.515. The highest BCUT2D eigenvalue weighted by molar-refractivity contribution is 6.43. The number of nitrogens with zero attached hydrogens (tertiary/aromatic N) is 1. The number of aliphatic hydroxyl groups is 1. The molecule has 216 valence electrons. The van der Waals surface area contributed by atoms with Gasteiger partial charge in [-0.05, 0) is 78.9 Å². The number of carbonyl (C=O) groups is 2. The molecule has 1 saturated carbocycles. The van der Waals surface area contributed by atoms with Gasteiger partial charge in [-0.1, -0.05) is 68.2 Å². The van der Waals surface area contributed by atoms with E-state index in [1.807, 2.05) is 30.3 Å². The molecular formula is C33H40BNO6. The smallest absolute Gasteiger partial charge is 0.455 e. The summed E-state index contributed by atoms with van der Waals surface area (Å²) in [6, 6.07) is 11.4. The van der Waals surface area contributed by atoms with Crippen LogP contribution < -0.4 is 0 Å². The van der Waals surface area contributed by atoms with Gasteiger partial charge >= 0.3 is 7.12 Å². The molecule has 4 atom stereocenters. The first-order valence-corrected chi connectivity index (χ1v) is 15.3. The maximum atomic E-state index is 13.8. The van der Waals surface area contributed by atoms with E-state index in [1.165, 1.54) is 5.57 Å². The molecule has 3 fully saturated rings. The molecule has 2 amide bonds. The number of fused-ring (bicyclic) bond motifs is 4. The van der Waals surface area contributed by atoms with Crippen molar-refractivity contribution in [3.8, 4) is 5.75 Å². The molecule has 2 aliphatic carbocycles. The lowest BCUT2D eigenvalue weighted by Crippen LogP contribution is -2.47. The summed E-state index contributed by atoms with van der Waals surface area (Å²) >= 11 is 0. The molecule has 4 aliphatic rings. The van der Waals surface area contributed by atoms with Crippen LogP contribution >= 0.6 is 0 Å². The lowest BCUT2D eigenvalue weighted by atomic mass is 9.58. The highest BCUT2D eigenvalue weighted by atomic mass is 16.5. The number of rotatable bonds is 7. The van der Waals surface area contributed by atoms with Crippen molar-refractivity contribution < 1.29 is 29.5 Å². The Hall–Kier alpha value is -2.94. The summed E-state index contributed by atoms with van der Waals surface area (Å²) in [5.41, 5.74) is 3.96. The van der Waals surface area contributed by atoms with E-state index in [0.29, 0.717) is 19.3 Å². The van der Waals surface area contributed by atoms with Gasteiger partial charge in [0.15, 0.2) is 0 Å². The van der Waals surface area contributed by atoms with Gasteiger partial charge in [0.1, 0.15) is 5.75 Å². The van der Waals surface area contributed by atoms with Crippen molar-refractivity contribution in [2.75, 3.05) is 6.61 Å². The van der Waals surface area contributed by atoms with Crippen LogP contribution in [0.3, 0.4) is 0 Å². The second-order valence-corrected chi connectivity index (χ2v) is 12.2. The van der Waals surface area contributed by atoms with Gasteiger partial charge < -0.3 is 19.9 Å². The molecule has 2 aromatic carbocycles. The summed E-state index contributed by atoms with van der Waals surface area (Å²) < 4.78 is 6.09. The molecule has 2 aromatic rings. The van der Waals surface area contributed by atoms with E-state index in [-0.39, 0.29) is 42.5 Å². The summed E-state index contributed by atoms with van der Waals surface area (Å²) in [6.07, 6.45) is 9.48. The van der Waals surface area contributed by atoms with Crippen LogP contribution in [-0.2, 0) is 14.2 Å². The molecule has 0 spiro atoms. The number of carbonyl (C=O) groups excluding carboxylic acids is 2. The van der Waals surface area contributed by atoms with Crippen LogP contribution in [0.1, 0.15) is 70.3 Å². The molecular weight excluding hydrogens is 517 g/mol. The summed E-state index contributed by atoms with van der Waals surface area (Å²) in [7, 11) is -1.02. The zero-order valence-corrected chi connectivity index (χ0v) is 23.8. The number of hydrogen-bond acceptors (Lipinski definition) is 6. The Labute approximate surface area is 242 Å². The third-order valence-corrected chi connectivity index (χ3v) is 9.95. The third-order valence-electron chi connectivity index (χ3n) is 9.95. The maximum absolute atomic E-state index is 13.8. The Morgan fingerprint density at radius 3 is 2.54 bits per heavy atom. The Bertz CT molecular complexity index is 1400. The molecule has 2 saturated heterocycles. The second kappa shape index (κ2) is 11.7. The average Bonchev–Trinajstić information content (AvgIpc) is 3.25. The predicted octanol–water partition coefficient (Wildman–Crippen LogP) is 5.24. The largest absolute Gasteiger partial charge is 0.507 e. The maximum Gasteiger partial charge on any atom is 0.455 e. The molecule has 0 aromatic heterocycles. The zero-order chi connectivity index (χ0) is 28.7. The van der Waals surface area contributed by atoms with Crippen molar-refractivity contribution in [2.45, 2.75) is 83.2 Å². The molecule has 7 nitrogen and oxygen atoms in total. The van der Waals surface area contributed by atoms with Gasteiger partial charge in [0.25, 0.3) is 0 Å². The Morgan fingerprint density at radius 1 is 1.05 bits per heavy atom. The average molecular weight is 557 g/mol. The summed E-state index contributed by atoms with van der Waals surface area (Å²) in [4.78, 5) is 29.0. The van der Waals surface area contributed by atoms with E-state index in [2.05, 4.69) is 13.0 Å². The fourth-order valence-electron chi connectivity index (χ4n) is 7.95. The highest BCUT2D eigenvalue weighted by Crippen LogP contribution is 2.51. The molecule has 0 unspecified atom stereocenters. The van der Waals surface area contributed by atoms with Crippen LogP contribution in [0.5, 0.6) is 5.75 Å². The minimum Gasteiger partial charge on any atom is -0.507 e. The molecule has 0 radical (unpaired) electrons. The highest BCUT2D eigenvalue weighted by Gasteiger charge is 2.58. The van der Waals surface area contributed by atoms with Crippen LogP contribution in [0.4, 0.5) is 0 Å². The summed E-state index contributed by atoms with van der Waals surface area (Å²) in [5, 5.41) is 33.3. The lowest BCUT2D eigenvalue weighted by Gasteiger charge is -2.43. The van der Waals surface area contributed by atoms with Gasteiger partial charge in [0.2, 0.25) is 11.8 Å². The molecule has 2 heterocycles. The van der Waals surface area contributed by atoms with Crippen molar-refractivity contribution in [3.63, 3.8) is 0 Å². The van der Waals surface area contributed by atoms with E-state index >= 15 is 0 Å². The second-order valence-electron chi connectivity index (χ2n) is 12.2. The molecule has 3 N–H and O–H groups in total. The van der Waals surface area contributed by atoms with Gasteiger partial charge in [-0.2, -0.15) is 0 Å². The monoisotopic (exact) mass is 557 g/mol. The number of hydrogen-bond donors (Lipinski definition) is 3. The first kappa shape index (κ1) is 28.2. The summed E-state index contributed by atoms with van der Waals surface area (Å²) in [5.74, 6) is -1.17. The van der Waals surface area contributed by atoms with Gasteiger partial charge in [-0.15, -0.1) is 0 Å². The van der Waals surface area contributed by atoms with Gasteiger partial charge in [0.05, 0.1) is 24.5 Å². The molecule has 0 bridgehead atoms. The van der Waals surface area contributed by atoms with Gasteiger partial charge in [-0.25, -0.2) is 0 Å². The van der Waals surface area contributed by atoms with Crippen molar-refractivity contribution in [2.24, 2.45) is 17.8 Å². The number of likely N-dealkylation sites (tertiary alicyclic amines) is 1. The number of imide groups is 1. The van der Waals surface area contributed by atoms with E-state index < -0.39 is 25.1 Å². The van der Waals surface area contributed by atoms with Gasteiger partial charge in [-0.3, -0.25) is 14.5 Å². The Morgan fingerprint density at radius 2 is 1.80 bits per heavy atom. The standard InChI is InChI=1S/C33H40BNO6/c1-2-20(16-21-13-14-28(37)25-11-7-6-10-24(21)25)12-15-29-30-22(19-36)17-26-31(27(30)18-34(40)41-29)33(39)35(32(26)38)23-8-4-3-5-9-23/h6-7,10-11,13-14,16,23,26-27,29,31,36-37,40H,2-5,8-9,12,15,17-19H2,1H3/b20-16+/t26-,27+,29-,31-/m1/s1. The number of amides is 2. The number of allylic oxidation sites excluding steroid dienone is 1. The Balaban J connectivity index is 1.26. The van der Waals surface area contributed by atoms with E-state index in [0.717, 1.165) is 66.0 Å². The van der Waals surface area contributed by atoms with Crippen LogP contribution in [-0.4, -0.2) is 57.8 Å². The van der Waals surface area contributed by atoms with Crippen LogP contribution in [0, 0.1) is 17.8 Å². The SMILES string of the molecule is CC/C(=C\c1ccc(O)c2ccccc12)CC[C@H]1OB(O)C[C@H]2C1=C(CO)C[C@H]1C(=O)N(C3CCCCC3)C(=O)[C@H]12. The number of aromatic hydroxyl groups is 1. The zero-order valence-electron chi connectivity index (χ0n) is 23.8. The first-order valence-electron chi connectivity index (χ1n) is 15.3. The number of phenolic OH excluding ortho intramolecular Hbond substituents is 1. The minimum absolute atomic E-state index is 0.0239. The number of benzene rings is 2. The van der Waals surface area contributed by atoms with Crippen LogP contribution in [0.2, 0.25) is 6.32 Å². The lowest BCUT2D eigenvalue weighted by molar-refractivity contribution is -0.143. The van der Waals surface area contributed by atoms with E-state index in [1.54, 1.807) is 11.0 Å². The fourth-order valence-corrected chi connectivity index (χ4v) is 7.95. The topological polar surface area (TPSA) is 107 Å². The molecule has 8 heteroatoms. The predicted molar refractivity (Wildman–Crippen MR) is 159 cm³/mol. The van der Waals surface area contributed by atoms with Crippen LogP contribution in [0.25, 0.3) is 16.8 Å². The Kier molecular flexibility index (Phi) is 8.08. The minimum atomic E-state index is -1.02. The number of phenols is 1. The van der Waals surface area contributed by atoms with E-state index in [4.69, 9.17) is 4.65 Å². The molecule has 41 heavy (non-hydrogen) atoms. The third kappa shape index (κ3) is 5.15.